The van der Waals surface area contributed by atoms with Gasteiger partial charge in [-0.05, 0) is 18.6 Å². The standard InChI is InChI=1S/C12H15N3O5S/c1-8-5-10(9(2)16)14-7-11(20-21(4,18)19)13(3)12(17)15(14)6-8/h5-7H,1-4H3. The van der Waals surface area contributed by atoms with Crippen LogP contribution in [-0.2, 0) is 19.1 Å². The molecule has 0 saturated carbocycles. The third-order valence-electron chi connectivity index (χ3n) is 2.81. The van der Waals surface area contributed by atoms with Crippen LogP contribution in [0.25, 0.3) is 0 Å². The normalized spacial score (nSPS) is 18.8. The Morgan fingerprint density at radius 3 is 2.38 bits per heavy atom. The van der Waals surface area contributed by atoms with E-state index in [-0.39, 0.29) is 17.4 Å². The molecule has 0 aromatic rings. The number of hydrazine groups is 1. The third-order valence-corrected chi connectivity index (χ3v) is 3.29. The second-order valence-electron chi connectivity index (χ2n) is 4.74. The molecule has 2 aliphatic heterocycles. The fourth-order valence-corrected chi connectivity index (χ4v) is 2.37. The number of fused-ring (bicyclic) bond motifs is 1. The van der Waals surface area contributed by atoms with Gasteiger partial charge in [-0.2, -0.15) is 8.42 Å². The van der Waals surface area contributed by atoms with Crippen molar-refractivity contribution in [3.63, 3.8) is 0 Å². The maximum absolute atomic E-state index is 12.3. The number of ketones is 1. The topological polar surface area (TPSA) is 87.2 Å². The van der Waals surface area contributed by atoms with E-state index in [4.69, 9.17) is 4.18 Å². The van der Waals surface area contributed by atoms with Crippen LogP contribution in [0.2, 0.25) is 0 Å². The molecule has 0 aromatic carbocycles. The number of hydrogen-bond acceptors (Lipinski definition) is 6. The maximum Gasteiger partial charge on any atom is 0.349 e. The second kappa shape index (κ2) is 4.92. The zero-order chi connectivity index (χ0) is 15.9. The average molecular weight is 313 g/mol. The third kappa shape index (κ3) is 2.92. The highest BCUT2D eigenvalue weighted by Gasteiger charge is 2.36. The summed E-state index contributed by atoms with van der Waals surface area (Å²) in [6, 6.07) is -0.539. The van der Waals surface area contributed by atoms with Crippen molar-refractivity contribution in [3.8, 4) is 0 Å². The van der Waals surface area contributed by atoms with Gasteiger partial charge in [-0.15, -0.1) is 0 Å². The van der Waals surface area contributed by atoms with Gasteiger partial charge in [0.05, 0.1) is 12.5 Å². The smallest absolute Gasteiger partial charge is 0.349 e. The summed E-state index contributed by atoms with van der Waals surface area (Å²) in [7, 11) is -2.41. The van der Waals surface area contributed by atoms with Crippen molar-refractivity contribution in [2.75, 3.05) is 13.3 Å². The molecule has 8 nitrogen and oxygen atoms in total. The van der Waals surface area contributed by atoms with Crippen LogP contribution in [0.3, 0.4) is 0 Å². The number of Topliss-reactive ketones (excluding diaryl/α,β-unsaturated/α-hetero) is 1. The maximum atomic E-state index is 12.3. The highest BCUT2D eigenvalue weighted by Crippen LogP contribution is 2.28. The molecule has 0 atom stereocenters. The van der Waals surface area contributed by atoms with Crippen molar-refractivity contribution in [1.82, 2.24) is 14.9 Å². The van der Waals surface area contributed by atoms with Crippen molar-refractivity contribution in [2.45, 2.75) is 13.8 Å². The van der Waals surface area contributed by atoms with Gasteiger partial charge in [0.25, 0.3) is 0 Å². The monoisotopic (exact) mass is 313 g/mol. The molecule has 0 bridgehead atoms. The number of carbonyl (C=O) groups excluding carboxylic acids is 2. The lowest BCUT2D eigenvalue weighted by Gasteiger charge is -2.41. The van der Waals surface area contributed by atoms with Crippen LogP contribution in [0, 0.1) is 0 Å². The van der Waals surface area contributed by atoms with Gasteiger partial charge < -0.3 is 4.18 Å². The van der Waals surface area contributed by atoms with Gasteiger partial charge in [0, 0.05) is 20.2 Å². The molecule has 0 saturated heterocycles. The highest BCUT2D eigenvalue weighted by molar-refractivity contribution is 7.86. The fraction of sp³-hybridized carbons (Fsp3) is 0.333. The summed E-state index contributed by atoms with van der Waals surface area (Å²) in [6.07, 6.45) is 5.30. The van der Waals surface area contributed by atoms with Gasteiger partial charge in [-0.25, -0.2) is 14.8 Å². The van der Waals surface area contributed by atoms with Gasteiger partial charge in [0.2, 0.25) is 5.88 Å². The van der Waals surface area contributed by atoms with E-state index in [2.05, 4.69) is 0 Å². The second-order valence-corrected chi connectivity index (χ2v) is 6.32. The van der Waals surface area contributed by atoms with E-state index in [0.717, 1.165) is 16.7 Å². The molecule has 0 radical (unpaired) electrons. The first-order valence-corrected chi connectivity index (χ1v) is 7.80. The van der Waals surface area contributed by atoms with E-state index in [1.807, 2.05) is 0 Å². The number of allylic oxidation sites excluding steroid dienone is 3. The predicted molar refractivity (Wildman–Crippen MR) is 73.4 cm³/mol. The van der Waals surface area contributed by atoms with Crippen molar-refractivity contribution < 1.29 is 22.2 Å². The van der Waals surface area contributed by atoms with Crippen LogP contribution in [-0.4, -0.2) is 48.5 Å². The molecule has 0 spiro atoms. The summed E-state index contributed by atoms with van der Waals surface area (Å²) >= 11 is 0. The zero-order valence-electron chi connectivity index (χ0n) is 12.0. The van der Waals surface area contributed by atoms with E-state index >= 15 is 0 Å². The minimum Gasteiger partial charge on any atom is -0.362 e. The Morgan fingerprint density at radius 1 is 1.24 bits per heavy atom. The first-order valence-electron chi connectivity index (χ1n) is 5.98. The van der Waals surface area contributed by atoms with Gasteiger partial charge in [-0.3, -0.25) is 9.69 Å². The molecule has 2 amide bonds. The molecule has 0 N–H and O–H groups in total. The quantitative estimate of drug-likeness (QED) is 0.714. The summed E-state index contributed by atoms with van der Waals surface area (Å²) in [5.41, 5.74) is 0.963. The first kappa shape index (κ1) is 15.1. The number of carbonyl (C=O) groups is 2. The van der Waals surface area contributed by atoms with Crippen LogP contribution >= 0.6 is 0 Å². The molecule has 0 fully saturated rings. The Bertz CT molecular complexity index is 704. The number of hydrogen-bond donors (Lipinski definition) is 0. The lowest BCUT2D eigenvalue weighted by atomic mass is 10.2. The van der Waals surface area contributed by atoms with E-state index in [1.165, 1.54) is 30.2 Å². The molecule has 9 heteroatoms. The molecule has 0 aliphatic carbocycles. The molecular formula is C12H15N3O5S. The zero-order valence-corrected chi connectivity index (χ0v) is 12.8. The van der Waals surface area contributed by atoms with E-state index < -0.39 is 16.1 Å². The SMILES string of the molecule is CC(=O)C1=CC(C)=CN2C(=O)N(C)C(OS(C)(=O)=O)=CN12. The summed E-state index contributed by atoms with van der Waals surface area (Å²) in [4.78, 5) is 25.0. The van der Waals surface area contributed by atoms with Gasteiger partial charge >= 0.3 is 16.1 Å². The van der Waals surface area contributed by atoms with Gasteiger partial charge in [0.1, 0.15) is 5.70 Å². The summed E-state index contributed by atoms with van der Waals surface area (Å²) < 4.78 is 27.3. The van der Waals surface area contributed by atoms with E-state index in [0.29, 0.717) is 0 Å². The molecule has 21 heavy (non-hydrogen) atoms. The molecular weight excluding hydrogens is 298 g/mol. The average Bonchev–Trinajstić information content (AvgIpc) is 2.34. The molecule has 0 aromatic heterocycles. The van der Waals surface area contributed by atoms with Crippen molar-refractivity contribution in [1.29, 1.82) is 0 Å². The minimum absolute atomic E-state index is 0.182. The molecule has 0 unspecified atom stereocenters. The summed E-state index contributed by atoms with van der Waals surface area (Å²) in [5, 5.41) is 2.47. The predicted octanol–water partition coefficient (Wildman–Crippen LogP) is 0.736. The van der Waals surface area contributed by atoms with Crippen LogP contribution in [0.1, 0.15) is 13.8 Å². The number of urea groups is 1. The van der Waals surface area contributed by atoms with Gasteiger partial charge in [-0.1, -0.05) is 0 Å². The number of rotatable bonds is 3. The van der Waals surface area contributed by atoms with Crippen LogP contribution < -0.4 is 0 Å². The highest BCUT2D eigenvalue weighted by atomic mass is 32.2. The van der Waals surface area contributed by atoms with E-state index in [9.17, 15) is 18.0 Å². The summed E-state index contributed by atoms with van der Waals surface area (Å²) in [6.45, 7) is 3.11. The van der Waals surface area contributed by atoms with Crippen LogP contribution in [0.5, 0.6) is 0 Å². The summed E-state index contributed by atoms with van der Waals surface area (Å²) in [5.74, 6) is -0.446. The number of amides is 2. The van der Waals surface area contributed by atoms with E-state index in [1.54, 1.807) is 19.2 Å². The first-order chi connectivity index (χ1) is 9.60. The Kier molecular flexibility index (Phi) is 3.54. The molecule has 2 rings (SSSR count). The molecule has 2 aliphatic rings. The van der Waals surface area contributed by atoms with Crippen LogP contribution in [0.15, 0.2) is 35.6 Å². The largest absolute Gasteiger partial charge is 0.362 e. The van der Waals surface area contributed by atoms with Crippen molar-refractivity contribution >= 4 is 21.9 Å². The van der Waals surface area contributed by atoms with Crippen molar-refractivity contribution in [3.05, 3.63) is 35.6 Å². The Hall–Kier alpha value is -2.29. The molecule has 2 heterocycles. The Balaban J connectivity index is 2.51. The van der Waals surface area contributed by atoms with Gasteiger partial charge in [0.15, 0.2) is 5.78 Å². The Labute approximate surface area is 122 Å². The number of nitrogens with zero attached hydrogens (tertiary/aromatic N) is 3. The fourth-order valence-electron chi connectivity index (χ4n) is 1.90. The Morgan fingerprint density at radius 2 is 1.86 bits per heavy atom. The lowest BCUT2D eigenvalue weighted by molar-refractivity contribution is -0.116. The van der Waals surface area contributed by atoms with Crippen LogP contribution in [0.4, 0.5) is 4.79 Å². The van der Waals surface area contributed by atoms with Crippen molar-refractivity contribution in [2.24, 2.45) is 0 Å². The molecule has 114 valence electrons. The minimum atomic E-state index is -3.79. The lowest BCUT2D eigenvalue weighted by Crippen LogP contribution is -2.52.